The minimum absolute atomic E-state index is 0.449. The number of hydrogen-bond acceptors (Lipinski definition) is 3. The van der Waals surface area contributed by atoms with Gasteiger partial charge in [-0.1, -0.05) is 12.1 Å². The van der Waals surface area contributed by atoms with E-state index in [1.165, 1.54) is 0 Å². The quantitative estimate of drug-likeness (QED) is 0.716. The lowest BCUT2D eigenvalue weighted by molar-refractivity contribution is 0.132. The fourth-order valence-electron chi connectivity index (χ4n) is 1.57. The molecule has 4 nitrogen and oxygen atoms in total. The van der Waals surface area contributed by atoms with Crippen molar-refractivity contribution in [3.8, 4) is 6.07 Å². The third-order valence-corrected chi connectivity index (χ3v) is 2.36. The van der Waals surface area contributed by atoms with Gasteiger partial charge in [0.1, 0.15) is 0 Å². The van der Waals surface area contributed by atoms with Crippen molar-refractivity contribution in [1.29, 1.82) is 5.26 Å². The SMILES string of the molecule is N#CCCOCCn1cnc2ccccc21. The Bertz CT molecular complexity index is 498. The van der Waals surface area contributed by atoms with Gasteiger partial charge in [-0.3, -0.25) is 0 Å². The van der Waals surface area contributed by atoms with E-state index in [0.29, 0.717) is 19.6 Å². The molecule has 1 aromatic heterocycles. The lowest BCUT2D eigenvalue weighted by atomic mass is 10.3. The summed E-state index contributed by atoms with van der Waals surface area (Å²) in [7, 11) is 0. The molecule has 0 fully saturated rings. The van der Waals surface area contributed by atoms with Gasteiger partial charge in [0.25, 0.3) is 0 Å². The maximum atomic E-state index is 8.35. The molecule has 0 amide bonds. The van der Waals surface area contributed by atoms with E-state index in [4.69, 9.17) is 10.00 Å². The van der Waals surface area contributed by atoms with Gasteiger partial charge in [-0.15, -0.1) is 0 Å². The Kier molecular flexibility index (Phi) is 3.52. The van der Waals surface area contributed by atoms with Crippen LogP contribution in [0.2, 0.25) is 0 Å². The van der Waals surface area contributed by atoms with Crippen molar-refractivity contribution in [2.24, 2.45) is 0 Å². The van der Waals surface area contributed by atoms with E-state index in [0.717, 1.165) is 17.6 Å². The van der Waals surface area contributed by atoms with Crippen LogP contribution in [0, 0.1) is 11.3 Å². The van der Waals surface area contributed by atoms with Gasteiger partial charge in [0, 0.05) is 6.54 Å². The molecule has 16 heavy (non-hydrogen) atoms. The molecule has 0 aliphatic rings. The van der Waals surface area contributed by atoms with Gasteiger partial charge in [-0.05, 0) is 12.1 Å². The number of hydrogen-bond donors (Lipinski definition) is 0. The molecule has 0 saturated carbocycles. The number of nitriles is 1. The topological polar surface area (TPSA) is 50.8 Å². The van der Waals surface area contributed by atoms with Crippen LogP contribution in [-0.4, -0.2) is 22.8 Å². The number of benzene rings is 1. The fourth-order valence-corrected chi connectivity index (χ4v) is 1.57. The fraction of sp³-hybridized carbons (Fsp3) is 0.333. The van der Waals surface area contributed by atoms with Crippen LogP contribution in [-0.2, 0) is 11.3 Å². The standard InChI is InChI=1S/C12H13N3O/c13-6-3-8-16-9-7-15-10-14-11-4-1-2-5-12(11)15/h1-2,4-5,10H,3,7-9H2. The van der Waals surface area contributed by atoms with Gasteiger partial charge < -0.3 is 9.30 Å². The lowest BCUT2D eigenvalue weighted by Gasteiger charge is -2.04. The number of rotatable bonds is 5. The molecule has 2 aromatic rings. The van der Waals surface area contributed by atoms with Gasteiger partial charge in [-0.2, -0.15) is 5.26 Å². The zero-order valence-electron chi connectivity index (χ0n) is 8.97. The molecule has 1 heterocycles. The molecule has 2 rings (SSSR count). The maximum absolute atomic E-state index is 8.35. The highest BCUT2D eigenvalue weighted by atomic mass is 16.5. The van der Waals surface area contributed by atoms with Gasteiger partial charge in [0.15, 0.2) is 0 Å². The first-order valence-electron chi connectivity index (χ1n) is 5.26. The predicted molar refractivity (Wildman–Crippen MR) is 60.8 cm³/mol. The lowest BCUT2D eigenvalue weighted by Crippen LogP contribution is -2.05. The molecule has 82 valence electrons. The predicted octanol–water partition coefficient (Wildman–Crippen LogP) is 1.97. The normalized spacial score (nSPS) is 10.4. The molecule has 0 spiro atoms. The van der Waals surface area contributed by atoms with Gasteiger partial charge >= 0.3 is 0 Å². The molecule has 0 bridgehead atoms. The number of ether oxygens (including phenoxy) is 1. The summed E-state index contributed by atoms with van der Waals surface area (Å²) in [4.78, 5) is 4.29. The first kappa shape index (κ1) is 10.7. The molecular weight excluding hydrogens is 202 g/mol. The van der Waals surface area contributed by atoms with Crippen LogP contribution in [0.4, 0.5) is 0 Å². The number of nitrogens with zero attached hydrogens (tertiary/aromatic N) is 3. The van der Waals surface area contributed by atoms with Crippen LogP contribution in [0.15, 0.2) is 30.6 Å². The van der Waals surface area contributed by atoms with Crippen LogP contribution < -0.4 is 0 Å². The van der Waals surface area contributed by atoms with Crippen LogP contribution in [0.3, 0.4) is 0 Å². The highest BCUT2D eigenvalue weighted by molar-refractivity contribution is 5.74. The third-order valence-electron chi connectivity index (χ3n) is 2.36. The van der Waals surface area contributed by atoms with Gasteiger partial charge in [0.2, 0.25) is 0 Å². The average Bonchev–Trinajstić information content (AvgIpc) is 2.73. The molecular formula is C12H13N3O. The first-order chi connectivity index (χ1) is 7.92. The van der Waals surface area contributed by atoms with E-state index in [1.807, 2.05) is 36.7 Å². The van der Waals surface area contributed by atoms with Gasteiger partial charge in [-0.25, -0.2) is 4.98 Å². The zero-order chi connectivity index (χ0) is 11.2. The van der Waals surface area contributed by atoms with E-state index in [2.05, 4.69) is 9.55 Å². The van der Waals surface area contributed by atoms with Crippen molar-refractivity contribution in [2.75, 3.05) is 13.2 Å². The molecule has 0 radical (unpaired) electrons. The second kappa shape index (κ2) is 5.29. The molecule has 0 atom stereocenters. The second-order valence-corrected chi connectivity index (χ2v) is 3.45. The van der Waals surface area contributed by atoms with Crippen molar-refractivity contribution in [1.82, 2.24) is 9.55 Å². The Morgan fingerprint density at radius 1 is 1.31 bits per heavy atom. The minimum Gasteiger partial charge on any atom is -0.379 e. The molecule has 0 unspecified atom stereocenters. The van der Waals surface area contributed by atoms with Crippen molar-refractivity contribution >= 4 is 11.0 Å². The van der Waals surface area contributed by atoms with Crippen LogP contribution in [0.1, 0.15) is 6.42 Å². The van der Waals surface area contributed by atoms with Crippen LogP contribution in [0.5, 0.6) is 0 Å². The number of imidazole rings is 1. The minimum atomic E-state index is 0.449. The summed E-state index contributed by atoms with van der Waals surface area (Å²) in [5.74, 6) is 0. The summed E-state index contributed by atoms with van der Waals surface area (Å²) in [5, 5.41) is 8.35. The van der Waals surface area contributed by atoms with Gasteiger partial charge in [0.05, 0.1) is 43.1 Å². The van der Waals surface area contributed by atoms with E-state index < -0.39 is 0 Å². The smallest absolute Gasteiger partial charge is 0.0959 e. The number of para-hydroxylation sites is 2. The highest BCUT2D eigenvalue weighted by Crippen LogP contribution is 2.11. The molecule has 1 aromatic carbocycles. The Balaban J connectivity index is 1.92. The summed E-state index contributed by atoms with van der Waals surface area (Å²) >= 11 is 0. The largest absolute Gasteiger partial charge is 0.379 e. The summed E-state index contributed by atoms with van der Waals surface area (Å²) in [6, 6.07) is 10.0. The monoisotopic (exact) mass is 215 g/mol. The van der Waals surface area contributed by atoms with Crippen LogP contribution >= 0.6 is 0 Å². The maximum Gasteiger partial charge on any atom is 0.0959 e. The van der Waals surface area contributed by atoms with E-state index in [9.17, 15) is 0 Å². The molecule has 0 aliphatic carbocycles. The van der Waals surface area contributed by atoms with Crippen LogP contribution in [0.25, 0.3) is 11.0 Å². The Labute approximate surface area is 94.1 Å². The second-order valence-electron chi connectivity index (χ2n) is 3.45. The third kappa shape index (κ3) is 2.38. The summed E-state index contributed by atoms with van der Waals surface area (Å²) < 4.78 is 7.38. The van der Waals surface area contributed by atoms with E-state index in [1.54, 1.807) is 0 Å². The Morgan fingerprint density at radius 3 is 3.06 bits per heavy atom. The summed E-state index contributed by atoms with van der Waals surface area (Å²) in [6.07, 6.45) is 2.27. The van der Waals surface area contributed by atoms with Crippen molar-refractivity contribution in [2.45, 2.75) is 13.0 Å². The van der Waals surface area contributed by atoms with E-state index in [-0.39, 0.29) is 0 Å². The van der Waals surface area contributed by atoms with Crippen molar-refractivity contribution in [3.05, 3.63) is 30.6 Å². The van der Waals surface area contributed by atoms with Crippen molar-refractivity contribution < 1.29 is 4.74 Å². The Morgan fingerprint density at radius 2 is 2.19 bits per heavy atom. The average molecular weight is 215 g/mol. The summed E-state index contributed by atoms with van der Waals surface area (Å²) in [5.41, 5.74) is 2.12. The Hall–Kier alpha value is -1.86. The molecule has 0 saturated heterocycles. The molecule has 4 heteroatoms. The van der Waals surface area contributed by atoms with E-state index >= 15 is 0 Å². The zero-order valence-corrected chi connectivity index (χ0v) is 8.97. The highest BCUT2D eigenvalue weighted by Gasteiger charge is 2.00. The molecule has 0 N–H and O–H groups in total. The number of aromatic nitrogens is 2. The van der Waals surface area contributed by atoms with Crippen molar-refractivity contribution in [3.63, 3.8) is 0 Å². The first-order valence-corrected chi connectivity index (χ1v) is 5.26. The molecule has 0 aliphatic heterocycles. The number of fused-ring (bicyclic) bond motifs is 1. The summed E-state index contributed by atoms with van der Waals surface area (Å²) in [6.45, 7) is 1.89.